The lowest BCUT2D eigenvalue weighted by Gasteiger charge is -2.25. The highest BCUT2D eigenvalue weighted by atomic mass is 16.5. The van der Waals surface area contributed by atoms with Crippen LogP contribution in [0, 0.1) is 6.92 Å². The summed E-state index contributed by atoms with van der Waals surface area (Å²) in [5, 5.41) is 2.84. The second-order valence-corrected chi connectivity index (χ2v) is 5.27. The third kappa shape index (κ3) is 4.65. The van der Waals surface area contributed by atoms with Crippen molar-refractivity contribution < 1.29 is 9.53 Å². The lowest BCUT2D eigenvalue weighted by molar-refractivity contribution is -0.123. The third-order valence-electron chi connectivity index (χ3n) is 3.47. The van der Waals surface area contributed by atoms with Gasteiger partial charge >= 0.3 is 0 Å². The van der Waals surface area contributed by atoms with Gasteiger partial charge in [0.05, 0.1) is 6.10 Å². The molecule has 1 aliphatic rings. The number of aryl methyl sites for hydroxylation is 1. The summed E-state index contributed by atoms with van der Waals surface area (Å²) in [7, 11) is 0. The molecule has 4 heteroatoms. The normalized spacial score (nSPS) is 23.1. The minimum absolute atomic E-state index is 0.0968. The van der Waals surface area contributed by atoms with Gasteiger partial charge in [0.25, 0.3) is 0 Å². The molecule has 1 aromatic carbocycles. The molecule has 0 heterocycles. The zero-order valence-corrected chi connectivity index (χ0v) is 11.4. The highest BCUT2D eigenvalue weighted by Crippen LogP contribution is 2.19. The quantitative estimate of drug-likeness (QED) is 0.874. The molecule has 0 atom stereocenters. The zero-order valence-electron chi connectivity index (χ0n) is 11.4. The molecule has 1 fully saturated rings. The van der Waals surface area contributed by atoms with Crippen molar-refractivity contribution in [3.8, 4) is 0 Å². The first-order valence-corrected chi connectivity index (χ1v) is 6.87. The molecule has 19 heavy (non-hydrogen) atoms. The smallest absolute Gasteiger partial charge is 0.250 e. The van der Waals surface area contributed by atoms with Gasteiger partial charge in [-0.15, -0.1) is 0 Å². The van der Waals surface area contributed by atoms with Crippen molar-refractivity contribution in [3.05, 3.63) is 29.8 Å². The highest BCUT2D eigenvalue weighted by Gasteiger charge is 2.19. The van der Waals surface area contributed by atoms with Gasteiger partial charge in [0.1, 0.15) is 6.61 Å². The fourth-order valence-corrected chi connectivity index (χ4v) is 2.37. The summed E-state index contributed by atoms with van der Waals surface area (Å²) < 4.78 is 5.63. The molecule has 1 saturated carbocycles. The van der Waals surface area contributed by atoms with Crippen LogP contribution in [0.5, 0.6) is 0 Å². The Morgan fingerprint density at radius 3 is 2.79 bits per heavy atom. The Hall–Kier alpha value is -1.39. The summed E-state index contributed by atoms with van der Waals surface area (Å²) in [4.78, 5) is 11.8. The maximum Gasteiger partial charge on any atom is 0.250 e. The SMILES string of the molecule is Cc1cccc(NC(=O)COC2CCC(N)CC2)c1. The second kappa shape index (κ2) is 6.68. The molecule has 2 rings (SSSR count). The average Bonchev–Trinajstić information content (AvgIpc) is 2.38. The predicted molar refractivity (Wildman–Crippen MR) is 76.0 cm³/mol. The Balaban J connectivity index is 1.73. The van der Waals surface area contributed by atoms with Crippen molar-refractivity contribution in [1.29, 1.82) is 0 Å². The van der Waals surface area contributed by atoms with Crippen LogP contribution in [0.2, 0.25) is 0 Å². The number of carbonyl (C=O) groups excluding carboxylic acids is 1. The molecule has 1 aromatic rings. The lowest BCUT2D eigenvalue weighted by Crippen LogP contribution is -2.32. The summed E-state index contributed by atoms with van der Waals surface area (Å²) in [6.07, 6.45) is 4.08. The van der Waals surface area contributed by atoms with Crippen molar-refractivity contribution in [1.82, 2.24) is 0 Å². The molecule has 0 aromatic heterocycles. The number of rotatable bonds is 4. The van der Waals surface area contributed by atoms with Crippen molar-refractivity contribution >= 4 is 11.6 Å². The van der Waals surface area contributed by atoms with E-state index < -0.39 is 0 Å². The first kappa shape index (κ1) is 14.0. The third-order valence-corrected chi connectivity index (χ3v) is 3.47. The van der Waals surface area contributed by atoms with Gasteiger partial charge in [0, 0.05) is 11.7 Å². The molecule has 4 nitrogen and oxygen atoms in total. The number of ether oxygens (including phenoxy) is 1. The van der Waals surface area contributed by atoms with Gasteiger partial charge in [0.15, 0.2) is 0 Å². The molecule has 104 valence electrons. The summed E-state index contributed by atoms with van der Waals surface area (Å²) in [6, 6.07) is 8.05. The summed E-state index contributed by atoms with van der Waals surface area (Å²) in [5.74, 6) is -0.0968. The zero-order chi connectivity index (χ0) is 13.7. The van der Waals surface area contributed by atoms with Crippen LogP contribution in [-0.2, 0) is 9.53 Å². The van der Waals surface area contributed by atoms with Crippen LogP contribution < -0.4 is 11.1 Å². The fourth-order valence-electron chi connectivity index (χ4n) is 2.37. The number of nitrogens with two attached hydrogens (primary N) is 1. The van der Waals surface area contributed by atoms with E-state index in [2.05, 4.69) is 5.32 Å². The van der Waals surface area contributed by atoms with E-state index in [9.17, 15) is 4.79 Å². The molecule has 0 bridgehead atoms. The van der Waals surface area contributed by atoms with E-state index in [1.807, 2.05) is 31.2 Å². The van der Waals surface area contributed by atoms with Crippen molar-refractivity contribution in [2.75, 3.05) is 11.9 Å². The predicted octanol–water partition coefficient (Wildman–Crippen LogP) is 2.22. The van der Waals surface area contributed by atoms with Crippen LogP contribution in [0.25, 0.3) is 0 Å². The molecule has 0 radical (unpaired) electrons. The topological polar surface area (TPSA) is 64.3 Å². The maximum absolute atomic E-state index is 11.8. The minimum Gasteiger partial charge on any atom is -0.368 e. The molecule has 0 spiro atoms. The summed E-state index contributed by atoms with van der Waals surface area (Å²) >= 11 is 0. The van der Waals surface area contributed by atoms with E-state index in [0.29, 0.717) is 6.04 Å². The fraction of sp³-hybridized carbons (Fsp3) is 0.533. The highest BCUT2D eigenvalue weighted by molar-refractivity contribution is 5.91. The Morgan fingerprint density at radius 1 is 1.37 bits per heavy atom. The number of carbonyl (C=O) groups is 1. The Labute approximate surface area is 114 Å². The largest absolute Gasteiger partial charge is 0.368 e. The second-order valence-electron chi connectivity index (χ2n) is 5.27. The molecule has 1 aliphatic carbocycles. The van der Waals surface area contributed by atoms with Gasteiger partial charge in [-0.1, -0.05) is 12.1 Å². The monoisotopic (exact) mass is 262 g/mol. The number of hydrogen-bond acceptors (Lipinski definition) is 3. The molecule has 3 N–H and O–H groups in total. The lowest BCUT2D eigenvalue weighted by atomic mass is 9.94. The number of amides is 1. The van der Waals surface area contributed by atoms with Gasteiger partial charge in [-0.2, -0.15) is 0 Å². The minimum atomic E-state index is -0.0968. The Morgan fingerprint density at radius 2 is 2.11 bits per heavy atom. The Kier molecular flexibility index (Phi) is 4.93. The van der Waals surface area contributed by atoms with Gasteiger partial charge in [-0.25, -0.2) is 0 Å². The molecule has 0 saturated heterocycles. The van der Waals surface area contributed by atoms with Crippen molar-refractivity contribution in [2.45, 2.75) is 44.8 Å². The van der Waals surface area contributed by atoms with Crippen LogP contribution >= 0.6 is 0 Å². The van der Waals surface area contributed by atoms with E-state index >= 15 is 0 Å². The summed E-state index contributed by atoms with van der Waals surface area (Å²) in [6.45, 7) is 2.12. The van der Waals surface area contributed by atoms with Crippen molar-refractivity contribution in [2.24, 2.45) is 5.73 Å². The van der Waals surface area contributed by atoms with E-state index in [1.165, 1.54) is 0 Å². The Bertz CT molecular complexity index is 426. The molecule has 0 unspecified atom stereocenters. The standard InChI is InChI=1S/C15H22N2O2/c1-11-3-2-4-13(9-11)17-15(18)10-19-14-7-5-12(16)6-8-14/h2-4,9,12,14H,5-8,10,16H2,1H3,(H,17,18). The van der Waals surface area contributed by atoms with E-state index in [-0.39, 0.29) is 18.6 Å². The average molecular weight is 262 g/mol. The van der Waals surface area contributed by atoms with Gasteiger partial charge in [-0.3, -0.25) is 4.79 Å². The molecule has 0 aliphatic heterocycles. The number of nitrogens with one attached hydrogen (secondary N) is 1. The summed E-state index contributed by atoms with van der Waals surface area (Å²) in [5.41, 5.74) is 7.78. The van der Waals surface area contributed by atoms with E-state index in [1.54, 1.807) is 0 Å². The first-order valence-electron chi connectivity index (χ1n) is 6.87. The number of benzene rings is 1. The van der Waals surface area contributed by atoms with Gasteiger partial charge in [0.2, 0.25) is 5.91 Å². The number of hydrogen-bond donors (Lipinski definition) is 2. The first-order chi connectivity index (χ1) is 9.13. The van der Waals surface area contributed by atoms with E-state index in [4.69, 9.17) is 10.5 Å². The molecular formula is C15H22N2O2. The maximum atomic E-state index is 11.8. The molecular weight excluding hydrogens is 240 g/mol. The van der Waals surface area contributed by atoms with Gasteiger partial charge < -0.3 is 15.8 Å². The van der Waals surface area contributed by atoms with Crippen molar-refractivity contribution in [3.63, 3.8) is 0 Å². The molecule has 1 amide bonds. The number of anilines is 1. The van der Waals surface area contributed by atoms with Crippen LogP contribution in [0.1, 0.15) is 31.2 Å². The van der Waals surface area contributed by atoms with Crippen LogP contribution in [0.15, 0.2) is 24.3 Å². The van der Waals surface area contributed by atoms with Crippen LogP contribution in [0.4, 0.5) is 5.69 Å². The van der Waals surface area contributed by atoms with Crippen LogP contribution in [-0.4, -0.2) is 24.7 Å². The van der Waals surface area contributed by atoms with Gasteiger partial charge in [-0.05, 0) is 50.3 Å². The van der Waals surface area contributed by atoms with E-state index in [0.717, 1.165) is 36.9 Å². The van der Waals surface area contributed by atoms with Crippen LogP contribution in [0.3, 0.4) is 0 Å².